The third-order valence-corrected chi connectivity index (χ3v) is 3.87. The van der Waals surface area contributed by atoms with E-state index in [9.17, 15) is 15.0 Å². The summed E-state index contributed by atoms with van der Waals surface area (Å²) in [6.07, 6.45) is 2.53. The lowest BCUT2D eigenvalue weighted by atomic mass is 9.77. The normalized spacial score (nSPS) is 22.1. The summed E-state index contributed by atoms with van der Waals surface area (Å²) in [5.41, 5.74) is -1.00. The largest absolute Gasteiger partial charge is 0.481 e. The average Bonchev–Trinajstić information content (AvgIpc) is 2.28. The minimum atomic E-state index is -1.00. The third kappa shape index (κ3) is 3.95. The monoisotopic (exact) mass is 257 g/mol. The molecule has 1 unspecified atom stereocenters. The molecule has 0 amide bonds. The molecule has 1 heterocycles. The number of carbonyl (C=O) groups is 1. The molecule has 0 bridgehead atoms. The number of carboxylic acid groups (broad SMARTS) is 1. The van der Waals surface area contributed by atoms with E-state index < -0.39 is 17.5 Å². The standard InChI is InChI=1S/C14H27NO3/c1-4-5-12(13(16)17)14(18)6-8-15(9-7-14)10-11(2)3/h11-12,18H,4-10H2,1-3H3,(H,16,17). The van der Waals surface area contributed by atoms with Crippen molar-refractivity contribution in [1.29, 1.82) is 0 Å². The molecule has 1 saturated heterocycles. The van der Waals surface area contributed by atoms with E-state index in [-0.39, 0.29) is 0 Å². The topological polar surface area (TPSA) is 60.8 Å². The first-order valence-corrected chi connectivity index (χ1v) is 7.06. The summed E-state index contributed by atoms with van der Waals surface area (Å²) in [6.45, 7) is 8.97. The maximum absolute atomic E-state index is 11.3. The van der Waals surface area contributed by atoms with Gasteiger partial charge in [-0.3, -0.25) is 4.79 Å². The Morgan fingerprint density at radius 1 is 1.33 bits per heavy atom. The molecule has 2 N–H and O–H groups in total. The first-order valence-electron chi connectivity index (χ1n) is 7.06. The van der Waals surface area contributed by atoms with Crippen LogP contribution < -0.4 is 0 Å². The zero-order valence-corrected chi connectivity index (χ0v) is 11.9. The first kappa shape index (κ1) is 15.4. The zero-order valence-electron chi connectivity index (χ0n) is 11.9. The molecular formula is C14H27NO3. The number of aliphatic carboxylic acids is 1. The van der Waals surface area contributed by atoms with Gasteiger partial charge in [-0.15, -0.1) is 0 Å². The van der Waals surface area contributed by atoms with E-state index in [0.29, 0.717) is 25.2 Å². The van der Waals surface area contributed by atoms with Gasteiger partial charge in [-0.25, -0.2) is 0 Å². The molecule has 0 spiro atoms. The summed E-state index contributed by atoms with van der Waals surface area (Å²) >= 11 is 0. The molecule has 0 aromatic rings. The van der Waals surface area contributed by atoms with Crippen LogP contribution in [0.4, 0.5) is 0 Å². The van der Waals surface area contributed by atoms with Crippen molar-refractivity contribution in [1.82, 2.24) is 4.90 Å². The molecule has 0 saturated carbocycles. The molecule has 0 aromatic carbocycles. The van der Waals surface area contributed by atoms with Crippen molar-refractivity contribution in [3.05, 3.63) is 0 Å². The summed E-state index contributed by atoms with van der Waals surface area (Å²) in [7, 11) is 0. The van der Waals surface area contributed by atoms with E-state index in [1.54, 1.807) is 0 Å². The van der Waals surface area contributed by atoms with Gasteiger partial charge in [0, 0.05) is 19.6 Å². The Bertz CT molecular complexity index is 270. The number of hydrogen-bond acceptors (Lipinski definition) is 3. The third-order valence-electron chi connectivity index (χ3n) is 3.87. The summed E-state index contributed by atoms with van der Waals surface area (Å²) in [6, 6.07) is 0. The molecule has 1 atom stereocenters. The van der Waals surface area contributed by atoms with Crippen molar-refractivity contribution < 1.29 is 15.0 Å². The second kappa shape index (κ2) is 6.53. The van der Waals surface area contributed by atoms with Crippen molar-refractivity contribution in [2.75, 3.05) is 19.6 Å². The van der Waals surface area contributed by atoms with E-state index in [4.69, 9.17) is 0 Å². The SMILES string of the molecule is CCCC(C(=O)O)C1(O)CCN(CC(C)C)CC1. The van der Waals surface area contributed by atoms with Crippen molar-refractivity contribution in [2.24, 2.45) is 11.8 Å². The van der Waals surface area contributed by atoms with Crippen LogP contribution >= 0.6 is 0 Å². The van der Waals surface area contributed by atoms with Crippen molar-refractivity contribution in [2.45, 2.75) is 52.1 Å². The lowest BCUT2D eigenvalue weighted by molar-refractivity contribution is -0.157. The average molecular weight is 257 g/mol. The van der Waals surface area contributed by atoms with E-state index >= 15 is 0 Å². The van der Waals surface area contributed by atoms with E-state index in [1.165, 1.54) is 0 Å². The van der Waals surface area contributed by atoms with Gasteiger partial charge in [0.05, 0.1) is 11.5 Å². The molecule has 18 heavy (non-hydrogen) atoms. The van der Waals surface area contributed by atoms with Gasteiger partial charge in [0.2, 0.25) is 0 Å². The van der Waals surface area contributed by atoms with Gasteiger partial charge in [0.25, 0.3) is 0 Å². The van der Waals surface area contributed by atoms with Gasteiger partial charge in [0.15, 0.2) is 0 Å². The van der Waals surface area contributed by atoms with E-state index in [0.717, 1.165) is 26.1 Å². The molecular weight excluding hydrogens is 230 g/mol. The fourth-order valence-corrected chi connectivity index (χ4v) is 2.90. The van der Waals surface area contributed by atoms with Gasteiger partial charge in [-0.2, -0.15) is 0 Å². The summed E-state index contributed by atoms with van der Waals surface area (Å²) in [5.74, 6) is -0.845. The van der Waals surface area contributed by atoms with Crippen molar-refractivity contribution >= 4 is 5.97 Å². The van der Waals surface area contributed by atoms with Crippen LogP contribution in [-0.4, -0.2) is 46.3 Å². The van der Waals surface area contributed by atoms with Crippen LogP contribution in [0.3, 0.4) is 0 Å². The minimum Gasteiger partial charge on any atom is -0.481 e. The van der Waals surface area contributed by atoms with Gasteiger partial charge in [-0.1, -0.05) is 27.2 Å². The molecule has 0 aliphatic carbocycles. The van der Waals surface area contributed by atoms with Crippen molar-refractivity contribution in [3.63, 3.8) is 0 Å². The minimum absolute atomic E-state index is 0.565. The number of piperidine rings is 1. The number of aliphatic hydroxyl groups is 1. The Balaban J connectivity index is 2.59. The fraction of sp³-hybridized carbons (Fsp3) is 0.929. The Morgan fingerprint density at radius 3 is 2.28 bits per heavy atom. The van der Waals surface area contributed by atoms with Crippen LogP contribution in [-0.2, 0) is 4.79 Å². The molecule has 1 aliphatic rings. The highest BCUT2D eigenvalue weighted by Gasteiger charge is 2.42. The molecule has 1 fully saturated rings. The smallest absolute Gasteiger partial charge is 0.309 e. The second-order valence-corrected chi connectivity index (χ2v) is 5.98. The Morgan fingerprint density at radius 2 is 1.89 bits per heavy atom. The predicted molar refractivity (Wildman–Crippen MR) is 71.5 cm³/mol. The quantitative estimate of drug-likeness (QED) is 0.763. The summed E-state index contributed by atoms with van der Waals surface area (Å²) < 4.78 is 0. The first-order chi connectivity index (χ1) is 8.39. The van der Waals surface area contributed by atoms with Gasteiger partial charge in [0.1, 0.15) is 0 Å². The number of hydrogen-bond donors (Lipinski definition) is 2. The molecule has 1 aliphatic heterocycles. The Labute approximate surface area is 110 Å². The maximum Gasteiger partial charge on any atom is 0.309 e. The number of carboxylic acids is 1. The number of rotatable bonds is 6. The van der Waals surface area contributed by atoms with Gasteiger partial charge >= 0.3 is 5.97 Å². The lowest BCUT2D eigenvalue weighted by Crippen LogP contribution is -2.51. The predicted octanol–water partition coefficient (Wildman–Crippen LogP) is 1.97. The zero-order chi connectivity index (χ0) is 13.8. The highest BCUT2D eigenvalue weighted by atomic mass is 16.4. The second-order valence-electron chi connectivity index (χ2n) is 5.98. The van der Waals surface area contributed by atoms with E-state index in [1.807, 2.05) is 6.92 Å². The fourth-order valence-electron chi connectivity index (χ4n) is 2.90. The van der Waals surface area contributed by atoms with Crippen LogP contribution in [0.15, 0.2) is 0 Å². The maximum atomic E-state index is 11.3. The van der Waals surface area contributed by atoms with Crippen LogP contribution in [0.1, 0.15) is 46.5 Å². The van der Waals surface area contributed by atoms with Gasteiger partial charge in [-0.05, 0) is 25.2 Å². The highest BCUT2D eigenvalue weighted by Crippen LogP contribution is 2.33. The molecule has 106 valence electrons. The van der Waals surface area contributed by atoms with E-state index in [2.05, 4.69) is 18.7 Å². The number of likely N-dealkylation sites (tertiary alicyclic amines) is 1. The van der Waals surface area contributed by atoms with Gasteiger partial charge < -0.3 is 15.1 Å². The molecule has 4 heteroatoms. The highest BCUT2D eigenvalue weighted by molar-refractivity contribution is 5.71. The lowest BCUT2D eigenvalue weighted by Gasteiger charge is -2.42. The van der Waals surface area contributed by atoms with Crippen LogP contribution in [0.5, 0.6) is 0 Å². The summed E-state index contributed by atoms with van der Waals surface area (Å²) in [4.78, 5) is 13.6. The van der Waals surface area contributed by atoms with Crippen LogP contribution in [0.25, 0.3) is 0 Å². The number of nitrogens with zero attached hydrogens (tertiary/aromatic N) is 1. The molecule has 0 radical (unpaired) electrons. The summed E-state index contributed by atoms with van der Waals surface area (Å²) in [5, 5.41) is 19.8. The Kier molecular flexibility index (Phi) is 5.60. The Hall–Kier alpha value is -0.610. The van der Waals surface area contributed by atoms with Crippen LogP contribution in [0.2, 0.25) is 0 Å². The molecule has 0 aromatic heterocycles. The molecule has 4 nitrogen and oxygen atoms in total. The van der Waals surface area contributed by atoms with Crippen LogP contribution in [0, 0.1) is 11.8 Å². The van der Waals surface area contributed by atoms with Crippen molar-refractivity contribution in [3.8, 4) is 0 Å². The molecule has 1 rings (SSSR count).